The number of aryl methyl sites for hydroxylation is 1. The summed E-state index contributed by atoms with van der Waals surface area (Å²) in [5.74, 6) is 0.850. The zero-order chi connectivity index (χ0) is 13.0. The summed E-state index contributed by atoms with van der Waals surface area (Å²) in [5, 5.41) is 13.1. The molecule has 0 aliphatic rings. The van der Waals surface area contributed by atoms with Gasteiger partial charge in [0, 0.05) is 5.69 Å². The molecule has 0 saturated heterocycles. The van der Waals surface area contributed by atoms with Crippen molar-refractivity contribution in [2.24, 2.45) is 0 Å². The smallest absolute Gasteiger partial charge is 0.119 e. The quantitative estimate of drug-likeness (QED) is 0.826. The summed E-state index contributed by atoms with van der Waals surface area (Å²) in [7, 11) is 0. The Morgan fingerprint density at radius 3 is 2.67 bits per heavy atom. The number of benzene rings is 1. The van der Waals surface area contributed by atoms with E-state index < -0.39 is 0 Å². The molecule has 0 atom stereocenters. The van der Waals surface area contributed by atoms with Gasteiger partial charge in [0.1, 0.15) is 5.75 Å². The average Bonchev–Trinajstić information content (AvgIpc) is 2.72. The first-order valence-electron chi connectivity index (χ1n) is 5.90. The first kappa shape index (κ1) is 12.2. The van der Waals surface area contributed by atoms with Gasteiger partial charge in [-0.25, -0.2) is 4.68 Å². The first-order chi connectivity index (χ1) is 8.74. The van der Waals surface area contributed by atoms with E-state index in [9.17, 15) is 0 Å². The van der Waals surface area contributed by atoms with E-state index in [1.165, 1.54) is 0 Å². The maximum absolute atomic E-state index is 8.67. The van der Waals surface area contributed by atoms with Crippen molar-refractivity contribution >= 4 is 0 Å². The van der Waals surface area contributed by atoms with Crippen molar-refractivity contribution in [2.45, 2.75) is 20.3 Å². The van der Waals surface area contributed by atoms with Crippen molar-refractivity contribution in [3.63, 3.8) is 0 Å². The lowest BCUT2D eigenvalue weighted by atomic mass is 10.3. The van der Waals surface area contributed by atoms with Crippen LogP contribution >= 0.6 is 0 Å². The van der Waals surface area contributed by atoms with E-state index in [4.69, 9.17) is 10.00 Å². The summed E-state index contributed by atoms with van der Waals surface area (Å²) >= 11 is 0. The van der Waals surface area contributed by atoms with Crippen LogP contribution in [0.1, 0.15) is 18.3 Å². The van der Waals surface area contributed by atoms with Crippen LogP contribution in [0.2, 0.25) is 0 Å². The van der Waals surface area contributed by atoms with E-state index in [0.717, 1.165) is 22.8 Å². The van der Waals surface area contributed by atoms with Gasteiger partial charge in [-0.15, -0.1) is 0 Å². The van der Waals surface area contributed by atoms with Gasteiger partial charge in [0.25, 0.3) is 0 Å². The summed E-state index contributed by atoms with van der Waals surface area (Å²) in [6.45, 7) is 4.59. The zero-order valence-corrected chi connectivity index (χ0v) is 10.6. The monoisotopic (exact) mass is 241 g/mol. The molecule has 0 amide bonds. The van der Waals surface area contributed by atoms with Crippen molar-refractivity contribution in [1.82, 2.24) is 9.78 Å². The van der Waals surface area contributed by atoms with Gasteiger partial charge < -0.3 is 4.74 Å². The second-order valence-electron chi connectivity index (χ2n) is 3.95. The van der Waals surface area contributed by atoms with Crippen LogP contribution in [0.3, 0.4) is 0 Å². The van der Waals surface area contributed by atoms with Crippen LogP contribution in [0.25, 0.3) is 5.69 Å². The summed E-state index contributed by atoms with van der Waals surface area (Å²) in [5.41, 5.74) is 2.79. The first-order valence-corrected chi connectivity index (χ1v) is 5.90. The lowest BCUT2D eigenvalue weighted by Crippen LogP contribution is -1.99. The van der Waals surface area contributed by atoms with Gasteiger partial charge in [-0.1, -0.05) is 0 Å². The molecule has 0 N–H and O–H groups in total. The van der Waals surface area contributed by atoms with Crippen molar-refractivity contribution in [3.8, 4) is 17.5 Å². The van der Waals surface area contributed by atoms with Crippen LogP contribution in [0.15, 0.2) is 30.3 Å². The normalized spacial score (nSPS) is 10.1. The Bertz CT molecular complexity index is 564. The van der Waals surface area contributed by atoms with Gasteiger partial charge in [0.15, 0.2) is 0 Å². The van der Waals surface area contributed by atoms with Gasteiger partial charge in [0.2, 0.25) is 0 Å². The second kappa shape index (κ2) is 5.37. The number of nitriles is 1. The summed E-state index contributed by atoms with van der Waals surface area (Å²) < 4.78 is 7.23. The minimum Gasteiger partial charge on any atom is -0.494 e. The second-order valence-corrected chi connectivity index (χ2v) is 3.95. The van der Waals surface area contributed by atoms with Gasteiger partial charge in [-0.05, 0) is 44.2 Å². The van der Waals surface area contributed by atoms with E-state index in [1.807, 2.05) is 48.9 Å². The molecule has 18 heavy (non-hydrogen) atoms. The number of nitrogens with zero attached hydrogens (tertiary/aromatic N) is 3. The summed E-state index contributed by atoms with van der Waals surface area (Å²) in [4.78, 5) is 0. The van der Waals surface area contributed by atoms with E-state index in [0.29, 0.717) is 13.0 Å². The molecule has 1 heterocycles. The van der Waals surface area contributed by atoms with Crippen molar-refractivity contribution in [1.29, 1.82) is 5.26 Å². The van der Waals surface area contributed by atoms with Crippen LogP contribution in [0.5, 0.6) is 5.75 Å². The van der Waals surface area contributed by atoms with Gasteiger partial charge >= 0.3 is 0 Å². The lowest BCUT2D eigenvalue weighted by molar-refractivity contribution is 0.340. The Kier molecular flexibility index (Phi) is 3.63. The molecule has 1 aromatic carbocycles. The summed E-state index contributed by atoms with van der Waals surface area (Å²) in [6, 6.07) is 11.8. The van der Waals surface area contributed by atoms with Gasteiger partial charge in [-0.3, -0.25) is 0 Å². The Balaban J connectivity index is 2.28. The van der Waals surface area contributed by atoms with Crippen LogP contribution in [0.4, 0.5) is 0 Å². The third-order valence-electron chi connectivity index (χ3n) is 2.59. The van der Waals surface area contributed by atoms with Crippen LogP contribution in [0, 0.1) is 18.3 Å². The topological polar surface area (TPSA) is 50.8 Å². The predicted molar refractivity (Wildman–Crippen MR) is 68.8 cm³/mol. The van der Waals surface area contributed by atoms with E-state index in [1.54, 1.807) is 0 Å². The molecule has 0 saturated carbocycles. The zero-order valence-electron chi connectivity index (χ0n) is 10.6. The molecular formula is C14H15N3O. The molecule has 92 valence electrons. The van der Waals surface area contributed by atoms with Crippen LogP contribution in [-0.4, -0.2) is 16.4 Å². The lowest BCUT2D eigenvalue weighted by Gasteiger charge is -2.06. The minimum atomic E-state index is 0.338. The van der Waals surface area contributed by atoms with Crippen LogP contribution in [-0.2, 0) is 6.42 Å². The Hall–Kier alpha value is -2.28. The van der Waals surface area contributed by atoms with E-state index in [-0.39, 0.29) is 0 Å². The highest BCUT2D eigenvalue weighted by atomic mass is 16.5. The molecule has 0 aliphatic heterocycles. The molecule has 1 aromatic heterocycles. The molecule has 2 aromatic rings. The number of hydrogen-bond acceptors (Lipinski definition) is 3. The predicted octanol–water partition coefficient (Wildman–Crippen LogP) is 2.65. The van der Waals surface area contributed by atoms with Crippen LogP contribution < -0.4 is 4.74 Å². The largest absolute Gasteiger partial charge is 0.494 e. The van der Waals surface area contributed by atoms with Gasteiger partial charge in [0.05, 0.1) is 30.5 Å². The highest BCUT2D eigenvalue weighted by Gasteiger charge is 2.06. The van der Waals surface area contributed by atoms with Crippen molar-refractivity contribution in [2.75, 3.05) is 6.61 Å². The highest BCUT2D eigenvalue weighted by molar-refractivity contribution is 5.38. The third kappa shape index (κ3) is 2.51. The fraction of sp³-hybridized carbons (Fsp3) is 0.286. The molecule has 0 aliphatic carbocycles. The Morgan fingerprint density at radius 1 is 1.33 bits per heavy atom. The SMILES string of the molecule is CCOc1ccc(-n2nc(CC#N)cc2C)cc1. The molecule has 0 fully saturated rings. The average molecular weight is 241 g/mol. The maximum Gasteiger partial charge on any atom is 0.119 e. The van der Waals surface area contributed by atoms with Gasteiger partial charge in [-0.2, -0.15) is 10.4 Å². The molecule has 4 heteroatoms. The molecule has 2 rings (SSSR count). The van der Waals surface area contributed by atoms with Crippen molar-refractivity contribution < 1.29 is 4.74 Å². The van der Waals surface area contributed by atoms with E-state index >= 15 is 0 Å². The number of ether oxygens (including phenoxy) is 1. The molecular weight excluding hydrogens is 226 g/mol. The minimum absolute atomic E-state index is 0.338. The number of hydrogen-bond donors (Lipinski definition) is 0. The maximum atomic E-state index is 8.67. The molecule has 0 spiro atoms. The number of rotatable bonds is 4. The Morgan fingerprint density at radius 2 is 2.06 bits per heavy atom. The standard InChI is InChI=1S/C14H15N3O/c1-3-18-14-6-4-13(5-7-14)17-11(2)10-12(16-17)8-9-15/h4-7,10H,3,8H2,1-2H3. The van der Waals surface area contributed by atoms with E-state index in [2.05, 4.69) is 11.2 Å². The molecule has 4 nitrogen and oxygen atoms in total. The van der Waals surface area contributed by atoms with Crippen molar-refractivity contribution in [3.05, 3.63) is 41.7 Å². The fourth-order valence-corrected chi connectivity index (χ4v) is 1.82. The molecule has 0 unspecified atom stereocenters. The third-order valence-corrected chi connectivity index (χ3v) is 2.59. The molecule has 0 bridgehead atoms. The highest BCUT2D eigenvalue weighted by Crippen LogP contribution is 2.17. The molecule has 0 radical (unpaired) electrons. The summed E-state index contributed by atoms with van der Waals surface area (Å²) in [6.07, 6.45) is 0.338. The fourth-order valence-electron chi connectivity index (χ4n) is 1.82. The number of aromatic nitrogens is 2. The Labute approximate surface area is 106 Å².